The van der Waals surface area contributed by atoms with Gasteiger partial charge in [0.1, 0.15) is 48.3 Å². The van der Waals surface area contributed by atoms with Gasteiger partial charge in [-0.1, -0.05) is 53.3 Å². The van der Waals surface area contributed by atoms with Crippen LogP contribution in [0.1, 0.15) is 54.0 Å². The predicted molar refractivity (Wildman–Crippen MR) is 203 cm³/mol. The summed E-state index contributed by atoms with van der Waals surface area (Å²) in [5, 5.41) is 21.5. The molecular weight excluding hydrogens is 756 g/mol. The molecule has 0 spiro atoms. The SMILES string of the molecule is CC(C)(C)[Si](C)(C)OC1C(O)C(COP(=S)([S-])OC2C(CO)OC(n3ccc(N)nc3=O)C2O[Si](C)(C)C(C)(C)C)OC1n1ccc(N)nc1=O. The number of ether oxygens (including phenoxy) is 2. The number of nitrogen functional groups attached to an aromatic ring is 2. The van der Waals surface area contributed by atoms with E-state index in [9.17, 15) is 19.8 Å². The van der Waals surface area contributed by atoms with E-state index < -0.39 is 89.4 Å². The zero-order valence-electron chi connectivity index (χ0n) is 30.7. The molecule has 2 aromatic rings. The number of aliphatic hydroxyl groups excluding tert-OH is 2. The van der Waals surface area contributed by atoms with Crippen molar-refractivity contribution in [2.75, 3.05) is 24.7 Å². The maximum atomic E-state index is 12.9. The van der Waals surface area contributed by atoms with E-state index in [0.29, 0.717) is 0 Å². The highest BCUT2D eigenvalue weighted by Crippen LogP contribution is 2.53. The van der Waals surface area contributed by atoms with Crippen molar-refractivity contribution in [3.63, 3.8) is 0 Å². The van der Waals surface area contributed by atoms with E-state index in [0.717, 1.165) is 0 Å². The lowest BCUT2D eigenvalue weighted by molar-refractivity contribution is -0.0544. The number of rotatable bonds is 12. The van der Waals surface area contributed by atoms with E-state index in [-0.39, 0.29) is 28.3 Å². The molecule has 6 N–H and O–H groups in total. The quantitative estimate of drug-likeness (QED) is 0.138. The monoisotopic (exact) mass is 807 g/mol. The van der Waals surface area contributed by atoms with Crippen LogP contribution in [0.3, 0.4) is 0 Å². The molecule has 2 aliphatic heterocycles. The predicted octanol–water partition coefficient (Wildman–Crippen LogP) is 2.77. The molecule has 9 atom stereocenters. The van der Waals surface area contributed by atoms with Crippen LogP contribution in [0.25, 0.3) is 0 Å². The first kappa shape index (κ1) is 42.2. The topological polar surface area (TPSA) is 218 Å². The molecule has 21 heteroatoms. The van der Waals surface area contributed by atoms with Crippen LogP contribution in [0, 0.1) is 0 Å². The molecule has 9 unspecified atom stereocenters. The number of nitrogens with zero attached hydrogens (tertiary/aromatic N) is 4. The van der Waals surface area contributed by atoms with Gasteiger partial charge in [0, 0.05) is 12.4 Å². The molecule has 2 aromatic heterocycles. The van der Waals surface area contributed by atoms with E-state index in [2.05, 4.69) is 51.5 Å². The van der Waals surface area contributed by atoms with Crippen LogP contribution >= 0.6 is 5.69 Å². The summed E-state index contributed by atoms with van der Waals surface area (Å²) in [5.74, 6) is 0.0679. The van der Waals surface area contributed by atoms with Gasteiger partial charge in [0.25, 0.3) is 0 Å². The Morgan fingerprint density at radius 1 is 0.863 bits per heavy atom. The largest absolute Gasteiger partial charge is 0.691 e. The van der Waals surface area contributed by atoms with Gasteiger partial charge in [0.2, 0.25) is 0 Å². The molecule has 2 saturated heterocycles. The lowest BCUT2D eigenvalue weighted by Gasteiger charge is -2.42. The molecular formula is C30H52N6O10PS2Si2-. The molecule has 288 valence electrons. The van der Waals surface area contributed by atoms with Gasteiger partial charge in [-0.25, -0.2) is 9.59 Å². The molecule has 2 fully saturated rings. The summed E-state index contributed by atoms with van der Waals surface area (Å²) in [4.78, 5) is 33.5. The van der Waals surface area contributed by atoms with Gasteiger partial charge in [-0.3, -0.25) is 9.13 Å². The van der Waals surface area contributed by atoms with E-state index in [1.165, 1.54) is 33.7 Å². The van der Waals surface area contributed by atoms with Crippen molar-refractivity contribution >= 4 is 58.0 Å². The average molecular weight is 808 g/mol. The second-order valence-corrected chi connectivity index (χ2v) is 30.3. The number of aromatic nitrogens is 4. The Morgan fingerprint density at radius 2 is 1.29 bits per heavy atom. The van der Waals surface area contributed by atoms with Gasteiger partial charge in [-0.2, -0.15) is 9.97 Å². The summed E-state index contributed by atoms with van der Waals surface area (Å²) in [5.41, 5.74) is 6.48. The van der Waals surface area contributed by atoms with Crippen LogP contribution in [0.5, 0.6) is 0 Å². The number of anilines is 2. The third kappa shape index (κ3) is 9.41. The minimum Gasteiger partial charge on any atom is -0.691 e. The van der Waals surface area contributed by atoms with Crippen molar-refractivity contribution in [1.82, 2.24) is 19.1 Å². The third-order valence-electron chi connectivity index (χ3n) is 10.2. The molecule has 0 aromatic carbocycles. The Balaban J connectivity index is 1.61. The fraction of sp³-hybridized carbons (Fsp3) is 0.733. The second-order valence-electron chi connectivity index (χ2n) is 15.9. The number of hydrogen-bond donors (Lipinski definition) is 4. The molecule has 16 nitrogen and oxygen atoms in total. The first-order valence-electron chi connectivity index (χ1n) is 16.6. The molecule has 0 radical (unpaired) electrons. The van der Waals surface area contributed by atoms with Crippen molar-refractivity contribution in [3.8, 4) is 0 Å². The molecule has 0 saturated carbocycles. The summed E-state index contributed by atoms with van der Waals surface area (Å²) >= 11 is 11.4. The smallest absolute Gasteiger partial charge is 0.351 e. The third-order valence-corrected chi connectivity index (χ3v) is 21.2. The fourth-order valence-electron chi connectivity index (χ4n) is 5.16. The molecule has 2 aliphatic rings. The standard InChI is InChI=1S/C30H53N6O10PS2Si2/c1-29(2,3)50(7,8)45-23-21(38)18(43-25(23)35-13-11-19(31)33-27(35)39)16-41-47(48,49)44-22-17(15-37)42-26(36-14-12-20(32)34-28(36)40)24(22)46-51(9,10)30(4,5)6/h11-14,17-18,21-26,37-38H,15-16H2,1-10H3,(H,48,49)(H2,31,33,39)(H2,32,34,40)/p-1. The van der Waals surface area contributed by atoms with Crippen molar-refractivity contribution in [1.29, 1.82) is 0 Å². The van der Waals surface area contributed by atoms with E-state index in [1.54, 1.807) is 0 Å². The second kappa shape index (κ2) is 15.3. The van der Waals surface area contributed by atoms with Crippen molar-refractivity contribution in [2.45, 2.75) is 127 Å². The van der Waals surface area contributed by atoms with Gasteiger partial charge in [-0.05, 0) is 48.4 Å². The number of nitrogens with two attached hydrogens (primary N) is 2. The Hall–Kier alpha value is -1.53. The first-order valence-corrected chi connectivity index (χ1v) is 26.0. The van der Waals surface area contributed by atoms with Gasteiger partial charge in [0.15, 0.2) is 29.1 Å². The highest BCUT2D eigenvalue weighted by atomic mass is 32.9. The number of hydrogen-bond acceptors (Lipinski definition) is 16. The maximum absolute atomic E-state index is 12.9. The lowest BCUT2D eigenvalue weighted by Crippen LogP contribution is -2.50. The Bertz CT molecular complexity index is 1720. The Kier molecular flexibility index (Phi) is 12.7. The van der Waals surface area contributed by atoms with Crippen LogP contribution in [0.2, 0.25) is 36.3 Å². The number of aliphatic hydroxyl groups is 2. The molecule has 0 amide bonds. The zero-order valence-corrected chi connectivity index (χ0v) is 35.2. The lowest BCUT2D eigenvalue weighted by atomic mass is 10.1. The van der Waals surface area contributed by atoms with E-state index in [4.69, 9.17) is 62.9 Å². The Morgan fingerprint density at radius 3 is 1.73 bits per heavy atom. The fourth-order valence-corrected chi connectivity index (χ4v) is 9.64. The molecule has 51 heavy (non-hydrogen) atoms. The molecule has 4 rings (SSSR count). The summed E-state index contributed by atoms with van der Waals surface area (Å²) in [6, 6.07) is 2.90. The van der Waals surface area contributed by atoms with Crippen LogP contribution < -0.4 is 22.8 Å². The van der Waals surface area contributed by atoms with Crippen LogP contribution in [0.4, 0.5) is 11.6 Å². The Labute approximate surface area is 310 Å². The minimum atomic E-state index is -3.63. The van der Waals surface area contributed by atoms with Crippen molar-refractivity contribution in [3.05, 3.63) is 45.5 Å². The highest BCUT2D eigenvalue weighted by molar-refractivity contribution is 8.51. The van der Waals surface area contributed by atoms with Crippen LogP contribution in [-0.4, -0.2) is 95.8 Å². The molecule has 4 heterocycles. The molecule has 0 bridgehead atoms. The summed E-state index contributed by atoms with van der Waals surface area (Å²) < 4.78 is 40.5. The maximum Gasteiger partial charge on any atom is 0.351 e. The normalized spacial score (nSPS) is 29.0. The van der Waals surface area contributed by atoms with Crippen LogP contribution in [-0.2, 0) is 51.4 Å². The van der Waals surface area contributed by atoms with E-state index >= 15 is 0 Å². The minimum absolute atomic E-state index is 0.0325. The van der Waals surface area contributed by atoms with Crippen molar-refractivity contribution < 1.29 is 37.6 Å². The summed E-state index contributed by atoms with van der Waals surface area (Å²) in [6.45, 7) is 19.6. The zero-order chi connectivity index (χ0) is 38.5. The molecule has 0 aliphatic carbocycles. The van der Waals surface area contributed by atoms with E-state index in [1.807, 2.05) is 26.2 Å². The van der Waals surface area contributed by atoms with Crippen molar-refractivity contribution in [2.24, 2.45) is 0 Å². The first-order chi connectivity index (χ1) is 23.3. The highest BCUT2D eigenvalue weighted by Gasteiger charge is 2.53. The van der Waals surface area contributed by atoms with Gasteiger partial charge < -0.3 is 61.3 Å². The van der Waals surface area contributed by atoms with Gasteiger partial charge >= 0.3 is 11.4 Å². The van der Waals surface area contributed by atoms with Crippen LogP contribution in [0.15, 0.2) is 34.1 Å². The van der Waals surface area contributed by atoms with Gasteiger partial charge in [0.05, 0.1) is 18.9 Å². The van der Waals surface area contributed by atoms with Gasteiger partial charge in [-0.15, -0.1) is 0 Å². The summed E-state index contributed by atoms with van der Waals surface area (Å²) in [7, 11) is -5.08. The summed E-state index contributed by atoms with van der Waals surface area (Å²) in [6.07, 6.45) is -5.54. The average Bonchev–Trinajstić information content (AvgIpc) is 3.46.